The van der Waals surface area contributed by atoms with Crippen LogP contribution in [-0.4, -0.2) is 34.6 Å². The highest BCUT2D eigenvalue weighted by molar-refractivity contribution is 7.89. The van der Waals surface area contributed by atoms with Crippen molar-refractivity contribution in [3.05, 3.63) is 24.3 Å². The Kier molecular flexibility index (Phi) is 6.11. The minimum absolute atomic E-state index is 0.293. The normalized spacial score (nSPS) is 11.4. The molecule has 1 aromatic rings. The van der Waals surface area contributed by atoms with Gasteiger partial charge in [-0.15, -0.1) is 0 Å². The second kappa shape index (κ2) is 7.35. The van der Waals surface area contributed by atoms with E-state index >= 15 is 0 Å². The van der Waals surface area contributed by atoms with Crippen LogP contribution >= 0.6 is 0 Å². The van der Waals surface area contributed by atoms with E-state index in [9.17, 15) is 8.42 Å². The first-order chi connectivity index (χ1) is 8.60. The smallest absolute Gasteiger partial charge is 0.240 e. The van der Waals surface area contributed by atoms with Crippen molar-refractivity contribution in [2.45, 2.75) is 18.7 Å². The van der Waals surface area contributed by atoms with E-state index < -0.39 is 10.0 Å². The van der Waals surface area contributed by atoms with Crippen LogP contribution in [0.5, 0.6) is 0 Å². The number of hydrogen-bond acceptors (Lipinski definition) is 4. The van der Waals surface area contributed by atoms with Crippen molar-refractivity contribution in [2.75, 3.05) is 31.5 Å². The molecule has 18 heavy (non-hydrogen) atoms. The molecule has 0 aromatic heterocycles. The molecule has 0 aliphatic carbocycles. The lowest BCUT2D eigenvalue weighted by atomic mass is 10.3. The summed E-state index contributed by atoms with van der Waals surface area (Å²) >= 11 is 0. The fraction of sp³-hybridized carbons (Fsp3) is 0.500. The monoisotopic (exact) mass is 271 g/mol. The Bertz CT molecular complexity index is 443. The maximum Gasteiger partial charge on any atom is 0.240 e. The van der Waals surface area contributed by atoms with Crippen molar-refractivity contribution in [3.8, 4) is 0 Å². The van der Waals surface area contributed by atoms with E-state index in [1.807, 2.05) is 0 Å². The lowest BCUT2D eigenvalue weighted by Crippen LogP contribution is -2.23. The van der Waals surface area contributed by atoms with Gasteiger partial charge in [0.05, 0.1) is 4.90 Å². The van der Waals surface area contributed by atoms with E-state index in [0.717, 1.165) is 25.3 Å². The standard InChI is InChI=1S/C12H21N3O2S/c1-3-13-9-10-14-11-5-7-12(8-6-11)18(16,17)15-4-2/h5-8,13-15H,3-4,9-10H2,1-2H3. The molecule has 0 amide bonds. The summed E-state index contributed by atoms with van der Waals surface area (Å²) in [6, 6.07) is 6.76. The average molecular weight is 271 g/mol. The zero-order valence-corrected chi connectivity index (χ0v) is 11.7. The molecule has 0 atom stereocenters. The molecule has 1 rings (SSSR count). The molecule has 5 nitrogen and oxygen atoms in total. The number of rotatable bonds is 8. The second-order valence-corrected chi connectivity index (χ2v) is 5.57. The zero-order valence-electron chi connectivity index (χ0n) is 10.9. The third-order valence-corrected chi connectivity index (χ3v) is 3.94. The number of hydrogen-bond donors (Lipinski definition) is 3. The van der Waals surface area contributed by atoms with E-state index in [4.69, 9.17) is 0 Å². The Hall–Kier alpha value is -1.11. The van der Waals surface area contributed by atoms with Gasteiger partial charge in [-0.05, 0) is 30.8 Å². The predicted molar refractivity (Wildman–Crippen MR) is 74.3 cm³/mol. The molecule has 0 spiro atoms. The van der Waals surface area contributed by atoms with Crippen LogP contribution in [0, 0.1) is 0 Å². The Morgan fingerprint density at radius 1 is 1.00 bits per heavy atom. The Morgan fingerprint density at radius 2 is 1.67 bits per heavy atom. The lowest BCUT2D eigenvalue weighted by molar-refractivity contribution is 0.584. The highest BCUT2D eigenvalue weighted by Crippen LogP contribution is 2.13. The van der Waals surface area contributed by atoms with Gasteiger partial charge < -0.3 is 10.6 Å². The molecule has 0 bridgehead atoms. The molecule has 0 radical (unpaired) electrons. The average Bonchev–Trinajstić information content (AvgIpc) is 2.35. The number of anilines is 1. The maximum absolute atomic E-state index is 11.7. The molecule has 0 unspecified atom stereocenters. The summed E-state index contributed by atoms with van der Waals surface area (Å²) < 4.78 is 25.9. The molecule has 6 heteroatoms. The van der Waals surface area contributed by atoms with Crippen molar-refractivity contribution in [3.63, 3.8) is 0 Å². The molecule has 0 heterocycles. The topological polar surface area (TPSA) is 70.2 Å². The first kappa shape index (κ1) is 14.9. The van der Waals surface area contributed by atoms with Gasteiger partial charge in [0.25, 0.3) is 0 Å². The molecule has 102 valence electrons. The van der Waals surface area contributed by atoms with Crippen molar-refractivity contribution < 1.29 is 8.42 Å². The van der Waals surface area contributed by atoms with Crippen molar-refractivity contribution in [1.29, 1.82) is 0 Å². The first-order valence-corrected chi connectivity index (χ1v) is 7.62. The van der Waals surface area contributed by atoms with E-state index in [-0.39, 0.29) is 0 Å². The SMILES string of the molecule is CCNCCNc1ccc(S(=O)(=O)NCC)cc1. The zero-order chi connectivity index (χ0) is 13.4. The molecular weight excluding hydrogens is 250 g/mol. The van der Waals surface area contributed by atoms with Crippen molar-refractivity contribution in [2.24, 2.45) is 0 Å². The van der Waals surface area contributed by atoms with E-state index in [1.54, 1.807) is 31.2 Å². The van der Waals surface area contributed by atoms with Gasteiger partial charge in [0.2, 0.25) is 10.0 Å². The summed E-state index contributed by atoms with van der Waals surface area (Å²) in [7, 11) is -3.35. The summed E-state index contributed by atoms with van der Waals surface area (Å²) in [6.45, 7) is 6.85. The molecule has 3 N–H and O–H groups in total. The van der Waals surface area contributed by atoms with Gasteiger partial charge in [-0.1, -0.05) is 13.8 Å². The van der Waals surface area contributed by atoms with Crippen LogP contribution in [-0.2, 0) is 10.0 Å². The fourth-order valence-corrected chi connectivity index (χ4v) is 2.54. The quantitative estimate of drug-likeness (QED) is 0.617. The van der Waals surface area contributed by atoms with E-state index in [0.29, 0.717) is 11.4 Å². The van der Waals surface area contributed by atoms with Crippen LogP contribution in [0.25, 0.3) is 0 Å². The lowest BCUT2D eigenvalue weighted by Gasteiger charge is -2.08. The summed E-state index contributed by atoms with van der Waals surface area (Å²) in [5.74, 6) is 0. The molecule has 0 saturated heterocycles. The minimum atomic E-state index is -3.35. The van der Waals surface area contributed by atoms with Gasteiger partial charge in [-0.2, -0.15) is 0 Å². The van der Waals surface area contributed by atoms with Crippen molar-refractivity contribution in [1.82, 2.24) is 10.0 Å². The van der Waals surface area contributed by atoms with E-state index in [1.165, 1.54) is 0 Å². The van der Waals surface area contributed by atoms with Gasteiger partial charge in [0, 0.05) is 25.3 Å². The number of sulfonamides is 1. The third-order valence-electron chi connectivity index (χ3n) is 2.38. The molecule has 0 aliphatic rings. The maximum atomic E-state index is 11.7. The highest BCUT2D eigenvalue weighted by atomic mass is 32.2. The molecular formula is C12H21N3O2S. The van der Waals surface area contributed by atoms with Gasteiger partial charge in [-0.25, -0.2) is 13.1 Å². The summed E-state index contributed by atoms with van der Waals surface area (Å²) in [6.07, 6.45) is 0. The number of likely N-dealkylation sites (N-methyl/N-ethyl adjacent to an activating group) is 1. The Labute approximate surface area is 109 Å². The molecule has 0 saturated carbocycles. The largest absolute Gasteiger partial charge is 0.384 e. The number of nitrogens with one attached hydrogen (secondary N) is 3. The van der Waals surface area contributed by atoms with Crippen LogP contribution in [0.3, 0.4) is 0 Å². The minimum Gasteiger partial charge on any atom is -0.384 e. The second-order valence-electron chi connectivity index (χ2n) is 3.81. The Morgan fingerprint density at radius 3 is 2.22 bits per heavy atom. The van der Waals surface area contributed by atoms with Crippen LogP contribution in [0.15, 0.2) is 29.2 Å². The first-order valence-electron chi connectivity index (χ1n) is 6.14. The van der Waals surface area contributed by atoms with Gasteiger partial charge in [0.1, 0.15) is 0 Å². The van der Waals surface area contributed by atoms with E-state index in [2.05, 4.69) is 22.3 Å². The molecule has 1 aromatic carbocycles. The number of benzene rings is 1. The van der Waals surface area contributed by atoms with Crippen LogP contribution in [0.2, 0.25) is 0 Å². The van der Waals surface area contributed by atoms with Crippen LogP contribution in [0.4, 0.5) is 5.69 Å². The Balaban J connectivity index is 2.57. The summed E-state index contributed by atoms with van der Waals surface area (Å²) in [5.41, 5.74) is 0.920. The van der Waals surface area contributed by atoms with Gasteiger partial charge in [-0.3, -0.25) is 0 Å². The van der Waals surface area contributed by atoms with Gasteiger partial charge >= 0.3 is 0 Å². The fourth-order valence-electron chi connectivity index (χ4n) is 1.50. The highest BCUT2D eigenvalue weighted by Gasteiger charge is 2.11. The van der Waals surface area contributed by atoms with Crippen LogP contribution in [0.1, 0.15) is 13.8 Å². The van der Waals surface area contributed by atoms with Crippen molar-refractivity contribution >= 4 is 15.7 Å². The predicted octanol–water partition coefficient (Wildman–Crippen LogP) is 1.01. The molecule has 0 aliphatic heterocycles. The van der Waals surface area contributed by atoms with Crippen LogP contribution < -0.4 is 15.4 Å². The summed E-state index contributed by atoms with van der Waals surface area (Å²) in [5, 5.41) is 6.41. The third kappa shape index (κ3) is 4.64. The summed E-state index contributed by atoms with van der Waals surface area (Å²) in [4.78, 5) is 0.293. The van der Waals surface area contributed by atoms with Gasteiger partial charge in [0.15, 0.2) is 0 Å². The molecule has 0 fully saturated rings.